The summed E-state index contributed by atoms with van der Waals surface area (Å²) in [4.78, 5) is 0. The molecule has 3 heteroatoms. The minimum Gasteiger partial charge on any atom is -0.379 e. The number of nitrogens with one attached hydrogen (secondary N) is 1. The van der Waals surface area contributed by atoms with E-state index >= 15 is 0 Å². The molecule has 0 aliphatic carbocycles. The average molecular weight is 217 g/mol. The number of hydrogen-bond acceptors (Lipinski definition) is 3. The second-order valence-electron chi connectivity index (χ2n) is 4.35. The van der Waals surface area contributed by atoms with Gasteiger partial charge in [0.05, 0.1) is 19.3 Å². The van der Waals surface area contributed by atoms with Gasteiger partial charge in [0.15, 0.2) is 0 Å². The summed E-state index contributed by atoms with van der Waals surface area (Å²) in [5.41, 5.74) is 0. The first-order chi connectivity index (χ1) is 7.16. The van der Waals surface area contributed by atoms with Crippen LogP contribution in [0.4, 0.5) is 0 Å². The second kappa shape index (κ2) is 10.4. The highest BCUT2D eigenvalue weighted by molar-refractivity contribution is 4.54. The third-order valence-electron chi connectivity index (χ3n) is 1.94. The molecule has 0 aliphatic rings. The molecule has 0 saturated carbocycles. The van der Waals surface area contributed by atoms with Gasteiger partial charge in [0, 0.05) is 13.2 Å². The van der Waals surface area contributed by atoms with Crippen LogP contribution in [0.25, 0.3) is 0 Å². The highest BCUT2D eigenvalue weighted by Gasteiger charge is 2.00. The number of rotatable bonds is 10. The molecule has 0 saturated heterocycles. The Morgan fingerprint density at radius 2 is 1.87 bits per heavy atom. The lowest BCUT2D eigenvalue weighted by atomic mass is 10.2. The predicted molar refractivity (Wildman–Crippen MR) is 64.2 cm³/mol. The maximum atomic E-state index is 5.58. The topological polar surface area (TPSA) is 30.5 Å². The van der Waals surface area contributed by atoms with Gasteiger partial charge in [-0.05, 0) is 25.8 Å². The first kappa shape index (κ1) is 14.9. The van der Waals surface area contributed by atoms with Crippen molar-refractivity contribution in [1.82, 2.24) is 5.32 Å². The molecule has 1 N–H and O–H groups in total. The van der Waals surface area contributed by atoms with Gasteiger partial charge in [0.1, 0.15) is 0 Å². The zero-order chi connectivity index (χ0) is 11.5. The van der Waals surface area contributed by atoms with E-state index < -0.39 is 0 Å². The summed E-state index contributed by atoms with van der Waals surface area (Å²) in [6, 6.07) is 0. The molecule has 1 unspecified atom stereocenters. The zero-order valence-electron chi connectivity index (χ0n) is 10.7. The molecule has 92 valence electrons. The van der Waals surface area contributed by atoms with E-state index in [1.54, 1.807) is 0 Å². The van der Waals surface area contributed by atoms with Crippen LogP contribution in [0.5, 0.6) is 0 Å². The maximum Gasteiger partial charge on any atom is 0.0704 e. The van der Waals surface area contributed by atoms with Crippen molar-refractivity contribution in [2.24, 2.45) is 5.92 Å². The quantitative estimate of drug-likeness (QED) is 0.568. The van der Waals surface area contributed by atoms with Crippen LogP contribution in [0, 0.1) is 5.92 Å². The van der Waals surface area contributed by atoms with E-state index in [9.17, 15) is 0 Å². The van der Waals surface area contributed by atoms with Crippen molar-refractivity contribution >= 4 is 0 Å². The Balaban J connectivity index is 3.13. The van der Waals surface area contributed by atoms with Crippen LogP contribution >= 0.6 is 0 Å². The first-order valence-electron chi connectivity index (χ1n) is 6.06. The fourth-order valence-electron chi connectivity index (χ4n) is 1.17. The van der Waals surface area contributed by atoms with Crippen LogP contribution in [0.2, 0.25) is 0 Å². The molecule has 15 heavy (non-hydrogen) atoms. The van der Waals surface area contributed by atoms with Crippen molar-refractivity contribution in [2.75, 3.05) is 32.9 Å². The Hall–Kier alpha value is -0.120. The SMILES string of the molecule is CCCNCC(C)OCCOCC(C)C. The fraction of sp³-hybridized carbons (Fsp3) is 1.00. The normalized spacial score (nSPS) is 13.4. The van der Waals surface area contributed by atoms with Gasteiger partial charge in [-0.1, -0.05) is 20.8 Å². The van der Waals surface area contributed by atoms with Gasteiger partial charge in [0.25, 0.3) is 0 Å². The molecule has 0 aromatic carbocycles. The van der Waals surface area contributed by atoms with Gasteiger partial charge in [0.2, 0.25) is 0 Å². The molecule has 0 aliphatic heterocycles. The summed E-state index contributed by atoms with van der Waals surface area (Å²) in [6.45, 7) is 12.8. The smallest absolute Gasteiger partial charge is 0.0704 e. The molecular weight excluding hydrogens is 190 g/mol. The Kier molecular flexibility index (Phi) is 10.3. The Labute approximate surface area is 94.5 Å². The van der Waals surface area contributed by atoms with Crippen molar-refractivity contribution in [3.8, 4) is 0 Å². The van der Waals surface area contributed by atoms with Crippen LogP contribution in [0.3, 0.4) is 0 Å². The van der Waals surface area contributed by atoms with Crippen LogP contribution < -0.4 is 5.32 Å². The second-order valence-corrected chi connectivity index (χ2v) is 4.35. The maximum absolute atomic E-state index is 5.58. The monoisotopic (exact) mass is 217 g/mol. The summed E-state index contributed by atoms with van der Waals surface area (Å²) in [7, 11) is 0. The molecule has 0 aromatic heterocycles. The molecular formula is C12H27NO2. The lowest BCUT2D eigenvalue weighted by Gasteiger charge is -2.14. The highest BCUT2D eigenvalue weighted by atomic mass is 16.5. The molecule has 0 bridgehead atoms. The van der Waals surface area contributed by atoms with Crippen molar-refractivity contribution in [1.29, 1.82) is 0 Å². The van der Waals surface area contributed by atoms with Gasteiger partial charge in [-0.2, -0.15) is 0 Å². The molecule has 3 nitrogen and oxygen atoms in total. The van der Waals surface area contributed by atoms with Crippen molar-refractivity contribution < 1.29 is 9.47 Å². The van der Waals surface area contributed by atoms with Gasteiger partial charge in [-0.15, -0.1) is 0 Å². The summed E-state index contributed by atoms with van der Waals surface area (Å²) >= 11 is 0. The van der Waals surface area contributed by atoms with Gasteiger partial charge < -0.3 is 14.8 Å². The van der Waals surface area contributed by atoms with E-state index in [1.165, 1.54) is 6.42 Å². The number of ether oxygens (including phenoxy) is 2. The Morgan fingerprint density at radius 1 is 1.13 bits per heavy atom. The van der Waals surface area contributed by atoms with Crippen LogP contribution in [0.1, 0.15) is 34.1 Å². The number of hydrogen-bond donors (Lipinski definition) is 1. The fourth-order valence-corrected chi connectivity index (χ4v) is 1.17. The van der Waals surface area contributed by atoms with E-state index in [1.807, 2.05) is 0 Å². The van der Waals surface area contributed by atoms with Gasteiger partial charge in [-0.25, -0.2) is 0 Å². The molecule has 0 fully saturated rings. The average Bonchev–Trinajstić information content (AvgIpc) is 2.17. The van der Waals surface area contributed by atoms with Crippen molar-refractivity contribution in [3.63, 3.8) is 0 Å². The van der Waals surface area contributed by atoms with Gasteiger partial charge >= 0.3 is 0 Å². The lowest BCUT2D eigenvalue weighted by molar-refractivity contribution is 0.00679. The summed E-state index contributed by atoms with van der Waals surface area (Å²) in [5.74, 6) is 0.605. The Bertz CT molecular complexity index is 129. The molecule has 0 radical (unpaired) electrons. The molecule has 0 rings (SSSR count). The third kappa shape index (κ3) is 11.8. The molecule has 0 spiro atoms. The third-order valence-corrected chi connectivity index (χ3v) is 1.94. The Morgan fingerprint density at radius 3 is 2.47 bits per heavy atom. The van der Waals surface area contributed by atoms with E-state index in [2.05, 4.69) is 33.0 Å². The minimum atomic E-state index is 0.277. The van der Waals surface area contributed by atoms with E-state index in [-0.39, 0.29) is 6.10 Å². The van der Waals surface area contributed by atoms with Crippen molar-refractivity contribution in [3.05, 3.63) is 0 Å². The minimum absolute atomic E-state index is 0.277. The van der Waals surface area contributed by atoms with E-state index in [4.69, 9.17) is 9.47 Å². The van der Waals surface area contributed by atoms with E-state index in [0.29, 0.717) is 19.1 Å². The molecule has 0 heterocycles. The largest absolute Gasteiger partial charge is 0.379 e. The summed E-state index contributed by atoms with van der Waals surface area (Å²) in [5, 5.41) is 3.33. The summed E-state index contributed by atoms with van der Waals surface area (Å²) < 4.78 is 11.0. The predicted octanol–water partition coefficient (Wildman–Crippen LogP) is 2.06. The van der Waals surface area contributed by atoms with Crippen LogP contribution in [-0.2, 0) is 9.47 Å². The lowest BCUT2D eigenvalue weighted by Crippen LogP contribution is -2.28. The van der Waals surface area contributed by atoms with Crippen LogP contribution in [-0.4, -0.2) is 39.0 Å². The molecule has 0 aromatic rings. The van der Waals surface area contributed by atoms with Crippen molar-refractivity contribution in [2.45, 2.75) is 40.2 Å². The highest BCUT2D eigenvalue weighted by Crippen LogP contribution is 1.93. The van der Waals surface area contributed by atoms with Crippen LogP contribution in [0.15, 0.2) is 0 Å². The van der Waals surface area contributed by atoms with Gasteiger partial charge in [-0.3, -0.25) is 0 Å². The van der Waals surface area contributed by atoms with E-state index in [0.717, 1.165) is 19.7 Å². The summed E-state index contributed by atoms with van der Waals surface area (Å²) in [6.07, 6.45) is 1.45. The standard InChI is InChI=1S/C12H27NO2/c1-5-6-13-9-12(4)15-8-7-14-10-11(2)3/h11-13H,5-10H2,1-4H3. The first-order valence-corrected chi connectivity index (χ1v) is 6.06. The molecule has 0 amide bonds. The zero-order valence-corrected chi connectivity index (χ0v) is 10.7. The molecule has 1 atom stereocenters.